The number of amides is 3. The van der Waals surface area contributed by atoms with Gasteiger partial charge >= 0.3 is 0 Å². The average Bonchev–Trinajstić information content (AvgIpc) is 3.40. The van der Waals surface area contributed by atoms with Crippen molar-refractivity contribution >= 4 is 29.1 Å². The molecule has 1 aliphatic rings. The van der Waals surface area contributed by atoms with Crippen LogP contribution in [0.3, 0.4) is 0 Å². The van der Waals surface area contributed by atoms with E-state index in [-0.39, 0.29) is 18.9 Å². The summed E-state index contributed by atoms with van der Waals surface area (Å²) in [4.78, 5) is 45.5. The summed E-state index contributed by atoms with van der Waals surface area (Å²) < 4.78 is 0. The molecule has 3 rings (SSSR count). The minimum atomic E-state index is -0.885. The van der Waals surface area contributed by atoms with E-state index in [2.05, 4.69) is 15.6 Å². The van der Waals surface area contributed by atoms with E-state index in [9.17, 15) is 19.5 Å². The summed E-state index contributed by atoms with van der Waals surface area (Å²) in [6.45, 7) is 9.32. The maximum atomic E-state index is 13.4. The molecule has 2 aromatic rings. The van der Waals surface area contributed by atoms with Crippen LogP contribution in [0.5, 0.6) is 0 Å². The standard InChI is InChI=1S/C25H35N5O4S/c1-14(26)22(32)29-21(25(3,4)5)24(34)30-12-18(31)10-19(30)23(33)27-11-16-6-8-17(9-7-16)20-15(2)28-13-35-20/h6-9,13-14,18-19,21,31H,10-12,26H2,1-5H3,(H,27,33)(H,29,32)/t14?,18-,19+,21-/m1/s1. The third kappa shape index (κ3) is 6.45. The van der Waals surface area contributed by atoms with Crippen LogP contribution in [0.2, 0.25) is 0 Å². The van der Waals surface area contributed by atoms with Gasteiger partial charge in [-0.05, 0) is 30.4 Å². The van der Waals surface area contributed by atoms with E-state index in [1.165, 1.54) is 4.90 Å². The molecule has 1 aliphatic heterocycles. The lowest BCUT2D eigenvalue weighted by atomic mass is 9.85. The molecule has 1 fully saturated rings. The molecule has 1 aromatic carbocycles. The van der Waals surface area contributed by atoms with E-state index < -0.39 is 41.5 Å². The zero-order valence-electron chi connectivity index (χ0n) is 20.9. The van der Waals surface area contributed by atoms with Crippen LogP contribution in [-0.2, 0) is 20.9 Å². The molecule has 0 bridgehead atoms. The van der Waals surface area contributed by atoms with Gasteiger partial charge in [0.15, 0.2) is 0 Å². The Morgan fingerprint density at radius 1 is 1.26 bits per heavy atom. The smallest absolute Gasteiger partial charge is 0.246 e. The lowest BCUT2D eigenvalue weighted by molar-refractivity contribution is -0.144. The quantitative estimate of drug-likeness (QED) is 0.455. The van der Waals surface area contributed by atoms with Gasteiger partial charge in [0.25, 0.3) is 0 Å². The Bertz CT molecular complexity index is 1060. The number of nitrogens with one attached hydrogen (secondary N) is 2. The second-order valence-electron chi connectivity index (χ2n) is 10.2. The van der Waals surface area contributed by atoms with Crippen LogP contribution >= 0.6 is 11.3 Å². The van der Waals surface area contributed by atoms with Crippen molar-refractivity contribution in [1.29, 1.82) is 0 Å². The summed E-state index contributed by atoms with van der Waals surface area (Å²) in [6.07, 6.45) is -0.680. The third-order valence-corrected chi connectivity index (χ3v) is 7.08. The zero-order chi connectivity index (χ0) is 25.9. The number of aromatic nitrogens is 1. The Morgan fingerprint density at radius 2 is 1.91 bits per heavy atom. The molecule has 1 saturated heterocycles. The van der Waals surface area contributed by atoms with E-state index in [4.69, 9.17) is 5.73 Å². The second kappa shape index (κ2) is 10.8. The Hall–Kier alpha value is -2.82. The van der Waals surface area contributed by atoms with Crippen LogP contribution in [0.1, 0.15) is 45.4 Å². The number of rotatable bonds is 7. The molecular formula is C25H35N5O4S. The van der Waals surface area contributed by atoms with Crippen molar-refractivity contribution in [2.45, 2.75) is 71.8 Å². The fraction of sp³-hybridized carbons (Fsp3) is 0.520. The van der Waals surface area contributed by atoms with Gasteiger partial charge in [0.05, 0.1) is 28.2 Å². The van der Waals surface area contributed by atoms with Gasteiger partial charge in [-0.25, -0.2) is 4.98 Å². The number of β-amino-alcohol motifs (C(OH)–C–C–N with tert-alkyl or cyclic N) is 1. The third-order valence-electron chi connectivity index (χ3n) is 6.11. The number of nitrogens with zero attached hydrogens (tertiary/aromatic N) is 2. The highest BCUT2D eigenvalue weighted by Crippen LogP contribution is 2.28. The number of thiazole rings is 1. The van der Waals surface area contributed by atoms with Crippen molar-refractivity contribution in [3.8, 4) is 10.4 Å². The molecule has 35 heavy (non-hydrogen) atoms. The summed E-state index contributed by atoms with van der Waals surface area (Å²) >= 11 is 1.58. The SMILES string of the molecule is Cc1ncsc1-c1ccc(CNC(=O)[C@@H]2C[C@@H](O)CN2C(=O)[C@@H](NC(=O)C(C)N)C(C)(C)C)cc1. The van der Waals surface area contributed by atoms with Crippen molar-refractivity contribution in [2.24, 2.45) is 11.1 Å². The van der Waals surface area contributed by atoms with Crippen LogP contribution < -0.4 is 16.4 Å². The Balaban J connectivity index is 1.68. The van der Waals surface area contributed by atoms with E-state index in [0.29, 0.717) is 6.54 Å². The van der Waals surface area contributed by atoms with Gasteiger partial charge in [-0.1, -0.05) is 45.0 Å². The highest BCUT2D eigenvalue weighted by Gasteiger charge is 2.44. The van der Waals surface area contributed by atoms with E-state index in [0.717, 1.165) is 21.7 Å². The molecular weight excluding hydrogens is 466 g/mol. The number of benzene rings is 1. The van der Waals surface area contributed by atoms with Crippen molar-refractivity contribution in [3.05, 3.63) is 41.0 Å². The fourth-order valence-electron chi connectivity index (χ4n) is 4.05. The predicted octanol–water partition coefficient (Wildman–Crippen LogP) is 1.57. The van der Waals surface area contributed by atoms with Crippen LogP contribution in [0.15, 0.2) is 29.8 Å². The lowest BCUT2D eigenvalue weighted by Crippen LogP contribution is -2.59. The largest absolute Gasteiger partial charge is 0.391 e. The summed E-state index contributed by atoms with van der Waals surface area (Å²) in [7, 11) is 0. The summed E-state index contributed by atoms with van der Waals surface area (Å²) in [5.74, 6) is -1.20. The molecule has 1 aromatic heterocycles. The van der Waals surface area contributed by atoms with Crippen molar-refractivity contribution in [2.75, 3.05) is 6.54 Å². The van der Waals surface area contributed by atoms with Gasteiger partial charge in [0.1, 0.15) is 12.1 Å². The molecule has 4 atom stereocenters. The maximum Gasteiger partial charge on any atom is 0.246 e. The molecule has 0 radical (unpaired) electrons. The molecule has 0 saturated carbocycles. The Morgan fingerprint density at radius 3 is 2.46 bits per heavy atom. The van der Waals surface area contributed by atoms with Gasteiger partial charge in [-0.2, -0.15) is 0 Å². The van der Waals surface area contributed by atoms with Crippen LogP contribution in [0.4, 0.5) is 0 Å². The fourth-order valence-corrected chi connectivity index (χ4v) is 4.87. The van der Waals surface area contributed by atoms with Gasteiger partial charge in [-0.3, -0.25) is 14.4 Å². The van der Waals surface area contributed by atoms with Gasteiger partial charge in [0, 0.05) is 19.5 Å². The van der Waals surface area contributed by atoms with Crippen molar-refractivity contribution in [1.82, 2.24) is 20.5 Å². The van der Waals surface area contributed by atoms with Crippen LogP contribution in [-0.4, -0.2) is 63.5 Å². The number of carbonyl (C=O) groups excluding carboxylic acids is 3. The van der Waals surface area contributed by atoms with Crippen LogP contribution in [0.25, 0.3) is 10.4 Å². The normalized spacial score (nSPS) is 19.8. The number of nitrogens with two attached hydrogens (primary N) is 1. The van der Waals surface area contributed by atoms with Gasteiger partial charge < -0.3 is 26.4 Å². The zero-order valence-corrected chi connectivity index (χ0v) is 21.7. The number of aliphatic hydroxyl groups is 1. The van der Waals surface area contributed by atoms with Gasteiger partial charge in [0.2, 0.25) is 17.7 Å². The van der Waals surface area contributed by atoms with Crippen LogP contribution in [0, 0.1) is 12.3 Å². The Labute approximate surface area is 210 Å². The molecule has 10 heteroatoms. The predicted molar refractivity (Wildman–Crippen MR) is 135 cm³/mol. The highest BCUT2D eigenvalue weighted by atomic mass is 32.1. The average molecular weight is 502 g/mol. The first-order chi connectivity index (χ1) is 16.4. The number of hydrogen-bond acceptors (Lipinski definition) is 7. The number of aryl methyl sites for hydroxylation is 1. The minimum Gasteiger partial charge on any atom is -0.391 e. The molecule has 0 aliphatic carbocycles. The molecule has 190 valence electrons. The maximum absolute atomic E-state index is 13.4. The van der Waals surface area contributed by atoms with E-state index in [1.54, 1.807) is 18.3 Å². The molecule has 3 amide bonds. The lowest BCUT2D eigenvalue weighted by Gasteiger charge is -2.35. The van der Waals surface area contributed by atoms with E-state index in [1.807, 2.05) is 57.5 Å². The molecule has 0 spiro atoms. The highest BCUT2D eigenvalue weighted by molar-refractivity contribution is 7.13. The first-order valence-corrected chi connectivity index (χ1v) is 12.6. The topological polar surface area (TPSA) is 138 Å². The van der Waals surface area contributed by atoms with Gasteiger partial charge in [-0.15, -0.1) is 11.3 Å². The molecule has 1 unspecified atom stereocenters. The number of hydrogen-bond donors (Lipinski definition) is 4. The van der Waals surface area contributed by atoms with E-state index >= 15 is 0 Å². The molecule has 2 heterocycles. The molecule has 9 nitrogen and oxygen atoms in total. The second-order valence-corrected chi connectivity index (χ2v) is 11.0. The number of aliphatic hydroxyl groups excluding tert-OH is 1. The number of likely N-dealkylation sites (tertiary alicyclic amines) is 1. The minimum absolute atomic E-state index is 0.0282. The van der Waals surface area contributed by atoms with Crippen molar-refractivity contribution in [3.63, 3.8) is 0 Å². The van der Waals surface area contributed by atoms with Crippen molar-refractivity contribution < 1.29 is 19.5 Å². The summed E-state index contributed by atoms with van der Waals surface area (Å²) in [6, 6.07) is 5.39. The number of carbonyl (C=O) groups is 3. The summed E-state index contributed by atoms with van der Waals surface area (Å²) in [5.41, 5.74) is 9.83. The molecule has 5 N–H and O–H groups in total. The summed E-state index contributed by atoms with van der Waals surface area (Å²) in [5, 5.41) is 15.9. The monoisotopic (exact) mass is 501 g/mol. The first-order valence-electron chi connectivity index (χ1n) is 11.7. The first kappa shape index (κ1) is 26.8. The Kier molecular flexibility index (Phi) is 8.30.